The third-order valence-electron chi connectivity index (χ3n) is 3.30. The zero-order valence-electron chi connectivity index (χ0n) is 12.1. The number of hydrogen-bond acceptors (Lipinski definition) is 4. The number of anilines is 2. The Bertz CT molecular complexity index is 730. The van der Waals surface area contributed by atoms with Crippen molar-refractivity contribution in [2.24, 2.45) is 0 Å². The van der Waals surface area contributed by atoms with E-state index in [1.165, 1.54) is 4.90 Å². The molecule has 22 heavy (non-hydrogen) atoms. The summed E-state index contributed by atoms with van der Waals surface area (Å²) < 4.78 is 5.40. The fourth-order valence-corrected chi connectivity index (χ4v) is 2.37. The van der Waals surface area contributed by atoms with Gasteiger partial charge in [-0.2, -0.15) is 0 Å². The largest absolute Gasteiger partial charge is 0.477 e. The Kier molecular flexibility index (Phi) is 3.74. The molecular formula is C16H15N3O3. The minimum Gasteiger partial charge on any atom is -0.477 e. The van der Waals surface area contributed by atoms with Crippen molar-refractivity contribution in [1.29, 1.82) is 0 Å². The Hall–Kier alpha value is -2.89. The van der Waals surface area contributed by atoms with Gasteiger partial charge in [-0.1, -0.05) is 12.1 Å². The lowest BCUT2D eigenvalue weighted by Gasteiger charge is -2.29. The summed E-state index contributed by atoms with van der Waals surface area (Å²) in [6.07, 6.45) is 1.57. The van der Waals surface area contributed by atoms with Gasteiger partial charge in [-0.15, -0.1) is 0 Å². The van der Waals surface area contributed by atoms with Crippen LogP contribution in [0.15, 0.2) is 42.6 Å². The van der Waals surface area contributed by atoms with Gasteiger partial charge in [-0.25, -0.2) is 4.98 Å². The Morgan fingerprint density at radius 3 is 2.95 bits per heavy atom. The number of hydrogen-bond donors (Lipinski definition) is 1. The van der Waals surface area contributed by atoms with E-state index in [4.69, 9.17) is 4.74 Å². The van der Waals surface area contributed by atoms with Crippen LogP contribution in [-0.4, -0.2) is 29.9 Å². The van der Waals surface area contributed by atoms with Crippen LogP contribution in [0.2, 0.25) is 0 Å². The van der Waals surface area contributed by atoms with Gasteiger partial charge < -0.3 is 10.1 Å². The Morgan fingerprint density at radius 2 is 2.14 bits per heavy atom. The molecule has 6 heteroatoms. The van der Waals surface area contributed by atoms with Gasteiger partial charge in [0.2, 0.25) is 11.8 Å². The molecule has 112 valence electrons. The van der Waals surface area contributed by atoms with Crippen molar-refractivity contribution >= 4 is 23.2 Å². The maximum Gasteiger partial charge on any atom is 0.264 e. The van der Waals surface area contributed by atoms with Crippen LogP contribution in [0, 0.1) is 0 Å². The summed E-state index contributed by atoms with van der Waals surface area (Å²) in [5.41, 5.74) is 1.63. The van der Waals surface area contributed by atoms with Gasteiger partial charge in [0.05, 0.1) is 18.0 Å². The summed E-state index contributed by atoms with van der Waals surface area (Å²) in [7, 11) is 0. The first kappa shape index (κ1) is 14.1. The zero-order valence-corrected chi connectivity index (χ0v) is 12.1. The second-order valence-electron chi connectivity index (χ2n) is 4.75. The Balaban J connectivity index is 2.01. The number of rotatable bonds is 3. The molecule has 0 aliphatic carbocycles. The smallest absolute Gasteiger partial charge is 0.264 e. The molecule has 0 saturated heterocycles. The molecule has 0 spiro atoms. The maximum absolute atomic E-state index is 12.8. The van der Waals surface area contributed by atoms with Crippen LogP contribution < -0.4 is 15.0 Å². The second kappa shape index (κ2) is 5.85. The summed E-state index contributed by atoms with van der Waals surface area (Å²) in [5, 5.41) is 2.76. The number of ether oxygens (including phenoxy) is 1. The molecule has 2 aromatic rings. The third kappa shape index (κ3) is 2.50. The van der Waals surface area contributed by atoms with Crippen LogP contribution in [0.4, 0.5) is 11.4 Å². The summed E-state index contributed by atoms with van der Waals surface area (Å²) >= 11 is 0. The van der Waals surface area contributed by atoms with E-state index in [1.54, 1.807) is 30.5 Å². The Labute approximate surface area is 127 Å². The van der Waals surface area contributed by atoms with E-state index in [-0.39, 0.29) is 24.2 Å². The number of amides is 2. The first-order valence-corrected chi connectivity index (χ1v) is 6.99. The summed E-state index contributed by atoms with van der Waals surface area (Å²) in [6, 6.07) is 10.5. The molecule has 0 saturated carbocycles. The molecule has 2 amide bonds. The second-order valence-corrected chi connectivity index (χ2v) is 4.75. The molecule has 0 atom stereocenters. The van der Waals surface area contributed by atoms with E-state index < -0.39 is 0 Å². The minimum atomic E-state index is -0.307. The number of nitrogens with zero attached hydrogens (tertiary/aromatic N) is 2. The molecule has 1 aromatic heterocycles. The highest BCUT2D eigenvalue weighted by Crippen LogP contribution is 2.31. The molecule has 0 unspecified atom stereocenters. The lowest BCUT2D eigenvalue weighted by molar-refractivity contribution is -0.115. The highest BCUT2D eigenvalue weighted by atomic mass is 16.5. The predicted molar refractivity (Wildman–Crippen MR) is 82.2 cm³/mol. The predicted octanol–water partition coefficient (Wildman–Crippen LogP) is 2.08. The maximum atomic E-state index is 12.8. The molecule has 0 fully saturated rings. The minimum absolute atomic E-state index is 0.0314. The Morgan fingerprint density at radius 1 is 1.32 bits per heavy atom. The molecule has 2 heterocycles. The van der Waals surface area contributed by atoms with Crippen LogP contribution in [0.1, 0.15) is 17.3 Å². The standard InChI is InChI=1S/C16H15N3O3/c1-2-22-15-11(6-5-9-17-15)16(21)19-10-14(20)18-12-7-3-4-8-13(12)19/h3-9H,2,10H2,1H3,(H,18,20). The highest BCUT2D eigenvalue weighted by molar-refractivity contribution is 6.15. The molecule has 3 rings (SSSR count). The van der Waals surface area contributed by atoms with Crippen LogP contribution in [0.25, 0.3) is 0 Å². The highest BCUT2D eigenvalue weighted by Gasteiger charge is 2.29. The lowest BCUT2D eigenvalue weighted by atomic mass is 10.1. The van der Waals surface area contributed by atoms with E-state index in [2.05, 4.69) is 10.3 Å². The quantitative estimate of drug-likeness (QED) is 0.941. The average molecular weight is 297 g/mol. The lowest BCUT2D eigenvalue weighted by Crippen LogP contribution is -2.42. The van der Waals surface area contributed by atoms with E-state index in [0.29, 0.717) is 23.5 Å². The monoisotopic (exact) mass is 297 g/mol. The van der Waals surface area contributed by atoms with Crippen LogP contribution in [0.5, 0.6) is 5.88 Å². The number of para-hydroxylation sites is 2. The van der Waals surface area contributed by atoms with E-state index >= 15 is 0 Å². The van der Waals surface area contributed by atoms with Crippen LogP contribution in [0.3, 0.4) is 0 Å². The third-order valence-corrected chi connectivity index (χ3v) is 3.30. The van der Waals surface area contributed by atoms with Crippen molar-refractivity contribution in [3.63, 3.8) is 0 Å². The molecule has 1 aromatic carbocycles. The van der Waals surface area contributed by atoms with Crippen molar-refractivity contribution in [1.82, 2.24) is 4.98 Å². The molecule has 6 nitrogen and oxygen atoms in total. The van der Waals surface area contributed by atoms with Gasteiger partial charge in [0.1, 0.15) is 12.1 Å². The van der Waals surface area contributed by atoms with Crippen molar-refractivity contribution in [2.75, 3.05) is 23.4 Å². The van der Waals surface area contributed by atoms with Crippen molar-refractivity contribution < 1.29 is 14.3 Å². The van der Waals surface area contributed by atoms with Crippen molar-refractivity contribution in [3.05, 3.63) is 48.2 Å². The molecule has 1 N–H and O–H groups in total. The number of aromatic nitrogens is 1. The van der Waals surface area contributed by atoms with Gasteiger partial charge >= 0.3 is 0 Å². The number of benzene rings is 1. The van der Waals surface area contributed by atoms with Crippen LogP contribution >= 0.6 is 0 Å². The number of carbonyl (C=O) groups excluding carboxylic acids is 2. The first-order chi connectivity index (χ1) is 10.7. The number of carbonyl (C=O) groups is 2. The van der Waals surface area contributed by atoms with Gasteiger partial charge in [0, 0.05) is 6.20 Å². The number of nitrogens with one attached hydrogen (secondary N) is 1. The fourth-order valence-electron chi connectivity index (χ4n) is 2.37. The van der Waals surface area contributed by atoms with Gasteiger partial charge in [-0.3, -0.25) is 14.5 Å². The van der Waals surface area contributed by atoms with Crippen LogP contribution in [-0.2, 0) is 4.79 Å². The van der Waals surface area contributed by atoms with E-state index in [0.717, 1.165) is 0 Å². The SMILES string of the molecule is CCOc1ncccc1C(=O)N1CC(=O)Nc2ccccc21. The van der Waals surface area contributed by atoms with Gasteiger partial charge in [-0.05, 0) is 31.2 Å². The van der Waals surface area contributed by atoms with Crippen molar-refractivity contribution in [2.45, 2.75) is 6.92 Å². The summed E-state index contributed by atoms with van der Waals surface area (Å²) in [5.74, 6) is -0.258. The average Bonchev–Trinajstić information content (AvgIpc) is 2.54. The van der Waals surface area contributed by atoms with E-state index in [1.807, 2.05) is 19.1 Å². The first-order valence-electron chi connectivity index (χ1n) is 6.99. The number of pyridine rings is 1. The summed E-state index contributed by atoms with van der Waals surface area (Å²) in [4.78, 5) is 30.2. The van der Waals surface area contributed by atoms with Crippen molar-refractivity contribution in [3.8, 4) is 5.88 Å². The number of fused-ring (bicyclic) bond motifs is 1. The molecule has 0 bridgehead atoms. The fraction of sp³-hybridized carbons (Fsp3) is 0.188. The van der Waals surface area contributed by atoms with Gasteiger partial charge in [0.25, 0.3) is 5.91 Å². The molecule has 0 radical (unpaired) electrons. The molecule has 1 aliphatic rings. The molecule has 1 aliphatic heterocycles. The normalized spacial score (nSPS) is 13.3. The van der Waals surface area contributed by atoms with Gasteiger partial charge in [0.15, 0.2) is 0 Å². The summed E-state index contributed by atoms with van der Waals surface area (Å²) in [6.45, 7) is 2.21. The molecular weight excluding hydrogens is 282 g/mol. The zero-order chi connectivity index (χ0) is 15.5. The van der Waals surface area contributed by atoms with E-state index in [9.17, 15) is 9.59 Å². The topological polar surface area (TPSA) is 71.5 Å².